The van der Waals surface area contributed by atoms with Gasteiger partial charge >= 0.3 is 0 Å². The van der Waals surface area contributed by atoms with Crippen LogP contribution in [0.4, 0.5) is 0 Å². The lowest BCUT2D eigenvalue weighted by Gasteiger charge is -2.04. The lowest BCUT2D eigenvalue weighted by atomic mass is 10.0. The SMILES string of the molecule is C=C/C=C(\C=C)c1ccc([C@@H]2C[C@H]2C)cc1. The van der Waals surface area contributed by atoms with Crippen molar-refractivity contribution in [3.63, 3.8) is 0 Å². The smallest absolute Gasteiger partial charge is 0.0133 e. The van der Waals surface area contributed by atoms with Crippen LogP contribution in [0.1, 0.15) is 30.4 Å². The van der Waals surface area contributed by atoms with Crippen LogP contribution in [0.5, 0.6) is 0 Å². The molecule has 0 nitrogen and oxygen atoms in total. The topological polar surface area (TPSA) is 0 Å². The van der Waals surface area contributed by atoms with E-state index in [4.69, 9.17) is 0 Å². The van der Waals surface area contributed by atoms with Crippen molar-refractivity contribution in [3.8, 4) is 0 Å². The number of hydrogen-bond donors (Lipinski definition) is 0. The maximum atomic E-state index is 3.82. The van der Waals surface area contributed by atoms with Gasteiger partial charge in [-0.15, -0.1) is 0 Å². The third-order valence-electron chi connectivity index (χ3n) is 3.30. The third kappa shape index (κ3) is 2.16. The Hall–Kier alpha value is -1.56. The van der Waals surface area contributed by atoms with Gasteiger partial charge in [0, 0.05) is 0 Å². The fourth-order valence-corrected chi connectivity index (χ4v) is 2.12. The quantitative estimate of drug-likeness (QED) is 0.639. The summed E-state index contributed by atoms with van der Waals surface area (Å²) in [6.07, 6.45) is 7.00. The first-order chi connectivity index (χ1) is 7.76. The van der Waals surface area contributed by atoms with E-state index in [9.17, 15) is 0 Å². The van der Waals surface area contributed by atoms with Crippen molar-refractivity contribution in [1.29, 1.82) is 0 Å². The minimum atomic E-state index is 0.796. The molecule has 0 radical (unpaired) electrons. The number of allylic oxidation sites excluding steroid dienone is 4. The molecule has 0 aromatic heterocycles. The molecule has 0 heteroatoms. The summed E-state index contributed by atoms with van der Waals surface area (Å²) in [5.41, 5.74) is 3.82. The summed E-state index contributed by atoms with van der Waals surface area (Å²) < 4.78 is 0. The van der Waals surface area contributed by atoms with Crippen LogP contribution >= 0.6 is 0 Å². The van der Waals surface area contributed by atoms with E-state index in [1.807, 2.05) is 12.2 Å². The second kappa shape index (κ2) is 4.52. The number of benzene rings is 1. The van der Waals surface area contributed by atoms with Crippen molar-refractivity contribution >= 4 is 5.57 Å². The summed E-state index contributed by atoms with van der Waals surface area (Å²) >= 11 is 0. The first-order valence-corrected chi connectivity index (χ1v) is 5.81. The van der Waals surface area contributed by atoms with Crippen LogP contribution in [-0.4, -0.2) is 0 Å². The highest BCUT2D eigenvalue weighted by Gasteiger charge is 2.33. The largest absolute Gasteiger partial charge is 0.0990 e. The van der Waals surface area contributed by atoms with Crippen LogP contribution in [0.25, 0.3) is 5.57 Å². The molecule has 0 unspecified atom stereocenters. The van der Waals surface area contributed by atoms with Gasteiger partial charge in [0.1, 0.15) is 0 Å². The maximum absolute atomic E-state index is 3.82. The summed E-state index contributed by atoms with van der Waals surface area (Å²) in [6, 6.07) is 8.84. The predicted molar refractivity (Wildman–Crippen MR) is 71.3 cm³/mol. The average molecular weight is 210 g/mol. The van der Waals surface area contributed by atoms with E-state index in [0.717, 1.165) is 17.4 Å². The van der Waals surface area contributed by atoms with Crippen LogP contribution < -0.4 is 0 Å². The first-order valence-electron chi connectivity index (χ1n) is 5.81. The molecule has 2 rings (SSSR count). The van der Waals surface area contributed by atoms with Gasteiger partial charge in [0.25, 0.3) is 0 Å². The van der Waals surface area contributed by atoms with Gasteiger partial charge < -0.3 is 0 Å². The Balaban J connectivity index is 2.21. The number of hydrogen-bond acceptors (Lipinski definition) is 0. The molecule has 1 aliphatic carbocycles. The minimum Gasteiger partial charge on any atom is -0.0990 e. The Morgan fingerprint density at radius 3 is 2.31 bits per heavy atom. The fraction of sp³-hybridized carbons (Fsp3) is 0.250. The molecule has 1 aromatic carbocycles. The Kier molecular flexibility index (Phi) is 3.09. The molecule has 1 fully saturated rings. The van der Waals surface area contributed by atoms with E-state index in [-0.39, 0.29) is 0 Å². The van der Waals surface area contributed by atoms with E-state index in [0.29, 0.717) is 0 Å². The van der Waals surface area contributed by atoms with Crippen molar-refractivity contribution in [2.24, 2.45) is 5.92 Å². The van der Waals surface area contributed by atoms with E-state index in [1.165, 1.54) is 17.5 Å². The summed E-state index contributed by atoms with van der Waals surface area (Å²) in [4.78, 5) is 0. The first kappa shape index (κ1) is 10.9. The van der Waals surface area contributed by atoms with Gasteiger partial charge in [0.2, 0.25) is 0 Å². The highest BCUT2D eigenvalue weighted by atomic mass is 14.4. The lowest BCUT2D eigenvalue weighted by molar-refractivity contribution is 0.914. The molecule has 1 aliphatic rings. The van der Waals surface area contributed by atoms with Crippen LogP contribution in [0.3, 0.4) is 0 Å². The van der Waals surface area contributed by atoms with E-state index >= 15 is 0 Å². The lowest BCUT2D eigenvalue weighted by Crippen LogP contribution is -1.84. The molecule has 0 heterocycles. The summed E-state index contributed by atoms with van der Waals surface area (Å²) in [5, 5.41) is 0. The molecule has 0 N–H and O–H groups in total. The van der Waals surface area contributed by atoms with Crippen LogP contribution in [0.2, 0.25) is 0 Å². The average Bonchev–Trinajstić information content (AvgIpc) is 3.04. The normalized spacial score (nSPS) is 23.9. The van der Waals surface area contributed by atoms with Gasteiger partial charge in [0.05, 0.1) is 0 Å². The van der Waals surface area contributed by atoms with Crippen molar-refractivity contribution < 1.29 is 0 Å². The summed E-state index contributed by atoms with van der Waals surface area (Å²) in [6.45, 7) is 9.85. The molecule has 0 bridgehead atoms. The third-order valence-corrected chi connectivity index (χ3v) is 3.30. The van der Waals surface area contributed by atoms with Gasteiger partial charge in [-0.05, 0) is 35.0 Å². The second-order valence-corrected chi connectivity index (χ2v) is 4.50. The number of rotatable bonds is 4. The standard InChI is InChI=1S/C16H18/c1-4-6-13(5-2)14-7-9-15(10-8-14)16-11-12(16)3/h4-10,12,16H,1-2,11H2,3H3/b13-6+/t12-,16-/m1/s1. The maximum Gasteiger partial charge on any atom is -0.0133 e. The van der Waals surface area contributed by atoms with Gasteiger partial charge in [0.15, 0.2) is 0 Å². The zero-order valence-corrected chi connectivity index (χ0v) is 9.82. The molecule has 0 spiro atoms. The highest BCUT2D eigenvalue weighted by molar-refractivity contribution is 5.74. The second-order valence-electron chi connectivity index (χ2n) is 4.50. The zero-order valence-electron chi connectivity index (χ0n) is 9.82. The molecule has 0 aliphatic heterocycles. The summed E-state index contributed by atoms with van der Waals surface area (Å²) in [5.74, 6) is 1.66. The van der Waals surface area contributed by atoms with Crippen LogP contribution in [0.15, 0.2) is 55.7 Å². The highest BCUT2D eigenvalue weighted by Crippen LogP contribution is 2.46. The van der Waals surface area contributed by atoms with Crippen molar-refractivity contribution in [2.75, 3.05) is 0 Å². The van der Waals surface area contributed by atoms with Gasteiger partial charge in [-0.2, -0.15) is 0 Å². The molecule has 0 amide bonds. The summed E-state index contributed by atoms with van der Waals surface area (Å²) in [7, 11) is 0. The zero-order chi connectivity index (χ0) is 11.5. The monoisotopic (exact) mass is 210 g/mol. The molecule has 0 saturated heterocycles. The predicted octanol–water partition coefficient (Wildman–Crippen LogP) is 4.57. The Labute approximate surface area is 98.0 Å². The van der Waals surface area contributed by atoms with E-state index in [1.54, 1.807) is 6.08 Å². The molecular weight excluding hydrogens is 192 g/mol. The van der Waals surface area contributed by atoms with Crippen molar-refractivity contribution in [3.05, 3.63) is 66.8 Å². The van der Waals surface area contributed by atoms with Gasteiger partial charge in [-0.25, -0.2) is 0 Å². The molecule has 82 valence electrons. The van der Waals surface area contributed by atoms with Crippen molar-refractivity contribution in [1.82, 2.24) is 0 Å². The Bertz CT molecular complexity index is 420. The minimum absolute atomic E-state index is 0.796. The Morgan fingerprint density at radius 1 is 1.25 bits per heavy atom. The molecule has 2 atom stereocenters. The van der Waals surface area contributed by atoms with E-state index < -0.39 is 0 Å². The van der Waals surface area contributed by atoms with E-state index in [2.05, 4.69) is 44.3 Å². The van der Waals surface area contributed by atoms with Crippen molar-refractivity contribution in [2.45, 2.75) is 19.3 Å². The van der Waals surface area contributed by atoms with Gasteiger partial charge in [-0.1, -0.05) is 62.6 Å². The fourth-order valence-electron chi connectivity index (χ4n) is 2.12. The van der Waals surface area contributed by atoms with Gasteiger partial charge in [-0.3, -0.25) is 0 Å². The molecule has 1 saturated carbocycles. The molecule has 1 aromatic rings. The molecular formula is C16H18. The van der Waals surface area contributed by atoms with Crippen LogP contribution in [0, 0.1) is 5.92 Å². The molecule has 16 heavy (non-hydrogen) atoms. The Morgan fingerprint density at radius 2 is 1.88 bits per heavy atom. The van der Waals surface area contributed by atoms with Crippen LogP contribution in [-0.2, 0) is 0 Å².